The summed E-state index contributed by atoms with van der Waals surface area (Å²) in [7, 11) is 0. The lowest BCUT2D eigenvalue weighted by molar-refractivity contribution is -0.123. The van der Waals surface area contributed by atoms with Crippen LogP contribution in [0, 0.1) is 0 Å². The zero-order chi connectivity index (χ0) is 21.8. The Morgan fingerprint density at radius 2 is 1.83 bits per heavy atom. The fourth-order valence-electron chi connectivity index (χ4n) is 3.91. The standard InChI is InChI=1S/C21H29N5O4/c1-4-25(17(27)13-24-10-14(2)30-15(3)11-24)18-19(22)26(21(29)23-20(18)28)12-16-8-6-5-7-9-16/h5-9,14-15H,4,10-13,22H2,1-3H3,(H,23,28,29)/t14-,15-/m1/s1. The molecule has 162 valence electrons. The van der Waals surface area contributed by atoms with Crippen molar-refractivity contribution in [3.05, 3.63) is 56.7 Å². The molecule has 1 saturated heterocycles. The Balaban J connectivity index is 1.90. The molecule has 0 aliphatic carbocycles. The van der Waals surface area contributed by atoms with Gasteiger partial charge in [-0.3, -0.25) is 24.0 Å². The number of aromatic nitrogens is 2. The van der Waals surface area contributed by atoms with Gasteiger partial charge in [-0.25, -0.2) is 4.79 Å². The lowest BCUT2D eigenvalue weighted by Crippen LogP contribution is -2.51. The van der Waals surface area contributed by atoms with E-state index in [0.717, 1.165) is 5.56 Å². The second-order valence-corrected chi connectivity index (χ2v) is 7.65. The van der Waals surface area contributed by atoms with Crippen LogP contribution >= 0.6 is 0 Å². The van der Waals surface area contributed by atoms with E-state index in [-0.39, 0.29) is 49.3 Å². The molecule has 1 fully saturated rings. The Morgan fingerprint density at radius 3 is 2.43 bits per heavy atom. The Morgan fingerprint density at radius 1 is 1.20 bits per heavy atom. The van der Waals surface area contributed by atoms with E-state index < -0.39 is 11.2 Å². The lowest BCUT2D eigenvalue weighted by atomic mass is 10.2. The normalized spacial score (nSPS) is 19.6. The molecule has 1 amide bonds. The monoisotopic (exact) mass is 415 g/mol. The molecule has 30 heavy (non-hydrogen) atoms. The Bertz CT molecular complexity index is 991. The number of nitrogens with zero attached hydrogens (tertiary/aromatic N) is 3. The van der Waals surface area contributed by atoms with Gasteiger partial charge in [0.25, 0.3) is 5.56 Å². The van der Waals surface area contributed by atoms with Crippen molar-refractivity contribution in [3.63, 3.8) is 0 Å². The summed E-state index contributed by atoms with van der Waals surface area (Å²) in [6, 6.07) is 9.31. The van der Waals surface area contributed by atoms with Gasteiger partial charge >= 0.3 is 5.69 Å². The summed E-state index contributed by atoms with van der Waals surface area (Å²) in [5.41, 5.74) is 5.83. The summed E-state index contributed by atoms with van der Waals surface area (Å²) >= 11 is 0. The molecule has 0 saturated carbocycles. The molecule has 0 bridgehead atoms. The number of benzene rings is 1. The lowest BCUT2D eigenvalue weighted by Gasteiger charge is -2.35. The summed E-state index contributed by atoms with van der Waals surface area (Å²) in [5, 5.41) is 0. The molecule has 9 heteroatoms. The minimum Gasteiger partial charge on any atom is -0.383 e. The molecule has 0 unspecified atom stereocenters. The van der Waals surface area contributed by atoms with Crippen LogP contribution in [0.4, 0.5) is 11.5 Å². The molecule has 1 aliphatic heterocycles. The fraction of sp³-hybridized carbons (Fsp3) is 0.476. The first-order chi connectivity index (χ1) is 14.3. The number of hydrogen-bond acceptors (Lipinski definition) is 6. The second-order valence-electron chi connectivity index (χ2n) is 7.65. The van der Waals surface area contributed by atoms with Crippen molar-refractivity contribution in [1.29, 1.82) is 0 Å². The first-order valence-corrected chi connectivity index (χ1v) is 10.1. The molecule has 1 aromatic heterocycles. The minimum atomic E-state index is -0.666. The van der Waals surface area contributed by atoms with Crippen molar-refractivity contribution in [1.82, 2.24) is 14.5 Å². The van der Waals surface area contributed by atoms with Gasteiger partial charge < -0.3 is 15.4 Å². The number of carbonyl (C=O) groups is 1. The molecular weight excluding hydrogens is 386 g/mol. The first kappa shape index (κ1) is 21.8. The quantitative estimate of drug-likeness (QED) is 0.715. The molecular formula is C21H29N5O4. The van der Waals surface area contributed by atoms with E-state index in [1.165, 1.54) is 9.47 Å². The van der Waals surface area contributed by atoms with Crippen LogP contribution in [0.25, 0.3) is 0 Å². The Labute approximate surface area is 175 Å². The van der Waals surface area contributed by atoms with Gasteiger partial charge in [0.1, 0.15) is 5.82 Å². The minimum absolute atomic E-state index is 0.00684. The SMILES string of the molecule is CCN(C(=O)CN1C[C@@H](C)O[C@H](C)C1)c1c(N)n(Cc2ccccc2)c(=O)[nH]c1=O. The summed E-state index contributed by atoms with van der Waals surface area (Å²) in [6.45, 7) is 7.56. The van der Waals surface area contributed by atoms with E-state index in [9.17, 15) is 14.4 Å². The number of likely N-dealkylation sites (N-methyl/N-ethyl adjacent to an activating group) is 1. The number of aromatic amines is 1. The fourth-order valence-corrected chi connectivity index (χ4v) is 3.91. The van der Waals surface area contributed by atoms with Crippen LogP contribution in [-0.4, -0.2) is 58.7 Å². The zero-order valence-electron chi connectivity index (χ0n) is 17.6. The highest BCUT2D eigenvalue weighted by Crippen LogP contribution is 2.19. The molecule has 2 heterocycles. The predicted octanol–water partition coefficient (Wildman–Crippen LogP) is 0.629. The number of nitrogen functional groups attached to an aromatic ring is 1. The van der Waals surface area contributed by atoms with Crippen LogP contribution in [0.5, 0.6) is 0 Å². The third kappa shape index (κ3) is 4.80. The Kier molecular flexibility index (Phi) is 6.73. The van der Waals surface area contributed by atoms with Gasteiger partial charge in [-0.05, 0) is 26.3 Å². The van der Waals surface area contributed by atoms with E-state index in [2.05, 4.69) is 4.98 Å². The third-order valence-electron chi connectivity index (χ3n) is 5.14. The largest absolute Gasteiger partial charge is 0.383 e. The predicted molar refractivity (Wildman–Crippen MR) is 116 cm³/mol. The maximum atomic E-state index is 13.1. The number of hydrogen-bond donors (Lipinski definition) is 2. The topological polar surface area (TPSA) is 114 Å². The summed E-state index contributed by atoms with van der Waals surface area (Å²) in [5.74, 6) is -0.271. The number of carbonyl (C=O) groups excluding carboxylic acids is 1. The van der Waals surface area contributed by atoms with E-state index >= 15 is 0 Å². The van der Waals surface area contributed by atoms with Crippen LogP contribution < -0.4 is 21.9 Å². The van der Waals surface area contributed by atoms with Crippen LogP contribution in [0.15, 0.2) is 39.9 Å². The Hall–Kier alpha value is -2.91. The number of anilines is 2. The number of nitrogens with one attached hydrogen (secondary N) is 1. The van der Waals surface area contributed by atoms with E-state index in [4.69, 9.17) is 10.5 Å². The summed E-state index contributed by atoms with van der Waals surface area (Å²) in [4.78, 5) is 43.7. The molecule has 2 atom stereocenters. The van der Waals surface area contributed by atoms with E-state index in [1.807, 2.05) is 49.1 Å². The van der Waals surface area contributed by atoms with Gasteiger partial charge in [0.2, 0.25) is 5.91 Å². The van der Waals surface area contributed by atoms with Crippen molar-refractivity contribution < 1.29 is 9.53 Å². The number of nitrogens with two attached hydrogens (primary N) is 1. The molecule has 1 aromatic carbocycles. The molecule has 2 aromatic rings. The van der Waals surface area contributed by atoms with E-state index in [0.29, 0.717) is 13.1 Å². The second kappa shape index (κ2) is 9.27. The third-order valence-corrected chi connectivity index (χ3v) is 5.14. The van der Waals surface area contributed by atoms with E-state index in [1.54, 1.807) is 6.92 Å². The zero-order valence-corrected chi connectivity index (χ0v) is 17.6. The van der Waals surface area contributed by atoms with Crippen LogP contribution in [0.2, 0.25) is 0 Å². The smallest absolute Gasteiger partial charge is 0.330 e. The van der Waals surface area contributed by atoms with Crippen LogP contribution in [-0.2, 0) is 16.1 Å². The molecule has 3 rings (SSSR count). The highest BCUT2D eigenvalue weighted by atomic mass is 16.5. The number of ether oxygens (including phenoxy) is 1. The van der Waals surface area contributed by atoms with Gasteiger partial charge in [-0.15, -0.1) is 0 Å². The number of H-pyrrole nitrogens is 1. The average Bonchev–Trinajstić information content (AvgIpc) is 2.68. The summed E-state index contributed by atoms with van der Waals surface area (Å²) < 4.78 is 6.99. The van der Waals surface area contributed by atoms with Crippen molar-refractivity contribution >= 4 is 17.4 Å². The number of amides is 1. The van der Waals surface area contributed by atoms with Crippen molar-refractivity contribution in [2.45, 2.75) is 39.5 Å². The van der Waals surface area contributed by atoms with Gasteiger partial charge in [-0.1, -0.05) is 30.3 Å². The molecule has 1 aliphatic rings. The first-order valence-electron chi connectivity index (χ1n) is 10.1. The van der Waals surface area contributed by atoms with Crippen molar-refractivity contribution in [3.8, 4) is 0 Å². The molecule has 0 spiro atoms. The van der Waals surface area contributed by atoms with Gasteiger partial charge in [0.05, 0.1) is 25.3 Å². The number of rotatable bonds is 6. The van der Waals surface area contributed by atoms with Crippen LogP contribution in [0.3, 0.4) is 0 Å². The van der Waals surface area contributed by atoms with Crippen molar-refractivity contribution in [2.24, 2.45) is 0 Å². The average molecular weight is 415 g/mol. The summed E-state index contributed by atoms with van der Waals surface area (Å²) in [6.07, 6.45) is 0.0516. The van der Waals surface area contributed by atoms with Crippen molar-refractivity contribution in [2.75, 3.05) is 36.8 Å². The molecule has 3 N–H and O–H groups in total. The highest BCUT2D eigenvalue weighted by molar-refractivity contribution is 5.96. The molecule has 0 radical (unpaired) electrons. The van der Waals surface area contributed by atoms with Crippen LogP contribution in [0.1, 0.15) is 26.3 Å². The maximum absolute atomic E-state index is 13.1. The molecule has 9 nitrogen and oxygen atoms in total. The van der Waals surface area contributed by atoms with Gasteiger partial charge in [0, 0.05) is 19.6 Å². The number of morpholine rings is 1. The van der Waals surface area contributed by atoms with Gasteiger partial charge in [0.15, 0.2) is 5.69 Å². The van der Waals surface area contributed by atoms with Gasteiger partial charge in [-0.2, -0.15) is 0 Å². The maximum Gasteiger partial charge on any atom is 0.330 e. The highest BCUT2D eigenvalue weighted by Gasteiger charge is 2.28.